The number of hydrogen-bond acceptors (Lipinski definition) is 0. The van der Waals surface area contributed by atoms with Crippen molar-refractivity contribution in [2.24, 2.45) is 0 Å². The highest BCUT2D eigenvalue weighted by Gasteiger charge is 2.30. The van der Waals surface area contributed by atoms with E-state index < -0.39 is 0 Å². The van der Waals surface area contributed by atoms with Crippen LogP contribution in [0, 0.1) is 9.85 Å². The van der Waals surface area contributed by atoms with Gasteiger partial charge >= 0.3 is 0 Å². The van der Waals surface area contributed by atoms with Gasteiger partial charge in [-0.15, -0.1) is 0 Å². The van der Waals surface area contributed by atoms with Gasteiger partial charge in [0.15, 0.2) is 0 Å². The van der Waals surface area contributed by atoms with Crippen LogP contribution in [0.4, 0.5) is 0 Å². The summed E-state index contributed by atoms with van der Waals surface area (Å²) in [6.45, 7) is 7.53. The first-order chi connectivity index (χ1) is 11.3. The minimum Gasteiger partial charge on any atom is -0.313 e. The van der Waals surface area contributed by atoms with Gasteiger partial charge in [-0.2, -0.15) is 0 Å². The zero-order valence-electron chi connectivity index (χ0n) is 15.6. The van der Waals surface area contributed by atoms with Crippen LogP contribution in [-0.2, 0) is 0 Å². The average Bonchev–Trinajstić information content (AvgIpc) is 3.03. The normalized spacial score (nSPS) is 16.3. The third-order valence-corrected chi connectivity index (χ3v) is 5.86. The van der Waals surface area contributed by atoms with Crippen LogP contribution in [0.2, 0.25) is 0 Å². The maximum Gasteiger partial charge on any atom is 0.141 e. The maximum absolute atomic E-state index is 3.33. The summed E-state index contributed by atoms with van der Waals surface area (Å²) in [5.74, 6) is 3.33. The van der Waals surface area contributed by atoms with Crippen LogP contribution in [0.25, 0.3) is 0 Å². The summed E-state index contributed by atoms with van der Waals surface area (Å²) in [7, 11) is 0. The van der Waals surface area contributed by atoms with Gasteiger partial charge in [0.2, 0.25) is 0 Å². The van der Waals surface area contributed by atoms with E-state index in [1.807, 2.05) is 0 Å². The zero-order chi connectivity index (χ0) is 16.6. The number of nitrogens with zero attached hydrogens (tertiary/aromatic N) is 1. The molecule has 1 aliphatic rings. The molecule has 23 heavy (non-hydrogen) atoms. The first-order valence-electron chi connectivity index (χ1n) is 10.3. The fourth-order valence-corrected chi connectivity index (χ4v) is 4.12. The molecule has 1 heterocycles. The molecule has 0 N–H and O–H groups in total. The van der Waals surface area contributed by atoms with Crippen LogP contribution >= 0.6 is 22.6 Å². The lowest BCUT2D eigenvalue weighted by atomic mass is 10.1. The van der Waals surface area contributed by atoms with E-state index in [-0.39, 0.29) is 0 Å². The van der Waals surface area contributed by atoms with Crippen LogP contribution in [-0.4, -0.2) is 30.7 Å². The zero-order valence-corrected chi connectivity index (χ0v) is 17.7. The van der Waals surface area contributed by atoms with Crippen LogP contribution in [0.3, 0.4) is 0 Å². The second kappa shape index (κ2) is 14.6. The molecule has 1 saturated heterocycles. The third kappa shape index (κ3) is 10.7. The fourth-order valence-electron chi connectivity index (χ4n) is 3.95. The minimum absolute atomic E-state index is 1.10. The van der Waals surface area contributed by atoms with E-state index in [0.717, 1.165) is 6.54 Å². The Kier molecular flexibility index (Phi) is 13.5. The Bertz CT molecular complexity index is 322. The van der Waals surface area contributed by atoms with E-state index in [0.29, 0.717) is 0 Å². The van der Waals surface area contributed by atoms with Gasteiger partial charge < -0.3 is 4.48 Å². The fraction of sp³-hybridized carbons (Fsp3) is 0.905. The number of likely N-dealkylation sites (tertiary alicyclic amines) is 1. The van der Waals surface area contributed by atoms with Gasteiger partial charge in [0.25, 0.3) is 0 Å². The van der Waals surface area contributed by atoms with E-state index in [1.165, 1.54) is 114 Å². The molecule has 1 aliphatic heterocycles. The standard InChI is InChI=1S/C21H39IN/c1-2-3-4-5-6-7-8-9-10-11-12-13-18-23(21-16-17-22)19-14-15-20-23/h2-15,18-21H2,1H3/q+1. The molecule has 0 aromatic rings. The summed E-state index contributed by atoms with van der Waals surface area (Å²) in [4.78, 5) is 0. The van der Waals surface area contributed by atoms with Crippen LogP contribution in [0.5, 0.6) is 0 Å². The van der Waals surface area contributed by atoms with Crippen molar-refractivity contribution in [1.82, 2.24) is 0 Å². The van der Waals surface area contributed by atoms with Crippen molar-refractivity contribution in [3.63, 3.8) is 0 Å². The summed E-state index contributed by atoms with van der Waals surface area (Å²) >= 11 is 2.19. The molecule has 0 spiro atoms. The Morgan fingerprint density at radius 2 is 1.22 bits per heavy atom. The maximum atomic E-state index is 3.33. The summed E-state index contributed by atoms with van der Waals surface area (Å²) in [5, 5.41) is 0. The van der Waals surface area contributed by atoms with Gasteiger partial charge in [-0.3, -0.25) is 0 Å². The SMILES string of the molecule is CCCCCCCCCCCCCC[N+]1(CC#CI)CCCC1. The summed E-state index contributed by atoms with van der Waals surface area (Å²) < 4.78 is 4.37. The minimum atomic E-state index is 1.10. The molecule has 0 unspecified atom stereocenters. The molecule has 0 bridgehead atoms. The number of quaternary nitrogens is 1. The lowest BCUT2D eigenvalue weighted by molar-refractivity contribution is -0.910. The quantitative estimate of drug-likeness (QED) is 0.124. The Labute approximate surface area is 159 Å². The van der Waals surface area contributed by atoms with Crippen LogP contribution < -0.4 is 0 Å². The monoisotopic (exact) mass is 432 g/mol. The molecule has 0 aromatic heterocycles. The number of unbranched alkanes of at least 4 members (excludes halogenated alkanes) is 11. The number of hydrogen-bond donors (Lipinski definition) is 0. The van der Waals surface area contributed by atoms with Crippen molar-refractivity contribution < 1.29 is 4.48 Å². The third-order valence-electron chi connectivity index (χ3n) is 5.48. The van der Waals surface area contributed by atoms with Crippen molar-refractivity contribution in [2.75, 3.05) is 26.2 Å². The van der Waals surface area contributed by atoms with Crippen molar-refractivity contribution in [3.8, 4) is 9.85 Å². The molecule has 0 saturated carbocycles. The Morgan fingerprint density at radius 1 is 0.739 bits per heavy atom. The Hall–Kier alpha value is 0.250. The number of rotatable bonds is 14. The number of halogens is 1. The van der Waals surface area contributed by atoms with Gasteiger partial charge in [-0.25, -0.2) is 0 Å². The highest BCUT2D eigenvalue weighted by atomic mass is 127. The highest BCUT2D eigenvalue weighted by Crippen LogP contribution is 2.21. The smallest absolute Gasteiger partial charge is 0.141 e. The van der Waals surface area contributed by atoms with E-state index in [4.69, 9.17) is 0 Å². The van der Waals surface area contributed by atoms with Crippen LogP contribution in [0.15, 0.2) is 0 Å². The van der Waals surface area contributed by atoms with E-state index >= 15 is 0 Å². The summed E-state index contributed by atoms with van der Waals surface area (Å²) in [6, 6.07) is 0. The van der Waals surface area contributed by atoms with Crippen molar-refractivity contribution in [3.05, 3.63) is 0 Å². The highest BCUT2D eigenvalue weighted by molar-refractivity contribution is 14.1. The van der Waals surface area contributed by atoms with E-state index in [2.05, 4.69) is 39.4 Å². The first kappa shape index (κ1) is 21.3. The molecule has 0 amide bonds. The Morgan fingerprint density at radius 3 is 1.70 bits per heavy atom. The second-order valence-electron chi connectivity index (χ2n) is 7.54. The molecule has 1 nitrogen and oxygen atoms in total. The largest absolute Gasteiger partial charge is 0.313 e. The topological polar surface area (TPSA) is 0 Å². The van der Waals surface area contributed by atoms with E-state index in [9.17, 15) is 0 Å². The van der Waals surface area contributed by atoms with Gasteiger partial charge in [0.05, 0.1) is 19.6 Å². The molecule has 1 rings (SSSR count). The molecule has 134 valence electrons. The van der Waals surface area contributed by atoms with Crippen molar-refractivity contribution in [1.29, 1.82) is 0 Å². The molecule has 0 radical (unpaired) electrons. The molecule has 0 atom stereocenters. The summed E-state index contributed by atoms with van der Waals surface area (Å²) in [6.07, 6.45) is 20.2. The molecule has 2 heteroatoms. The molecular weight excluding hydrogens is 393 g/mol. The summed E-state index contributed by atoms with van der Waals surface area (Å²) in [5.41, 5.74) is 0. The molecule has 0 aromatic carbocycles. The van der Waals surface area contributed by atoms with Gasteiger partial charge in [0.1, 0.15) is 6.54 Å². The van der Waals surface area contributed by atoms with Gasteiger partial charge in [-0.05, 0) is 22.7 Å². The predicted molar refractivity (Wildman–Crippen MR) is 112 cm³/mol. The lowest BCUT2D eigenvalue weighted by Gasteiger charge is -2.32. The average molecular weight is 432 g/mol. The first-order valence-corrected chi connectivity index (χ1v) is 11.3. The molecule has 0 aliphatic carbocycles. The van der Waals surface area contributed by atoms with Gasteiger partial charge in [0, 0.05) is 35.4 Å². The Balaban J connectivity index is 1.91. The van der Waals surface area contributed by atoms with E-state index in [1.54, 1.807) is 0 Å². The van der Waals surface area contributed by atoms with Gasteiger partial charge in [-0.1, -0.05) is 71.1 Å². The second-order valence-corrected chi connectivity index (χ2v) is 8.08. The predicted octanol–water partition coefficient (Wildman–Crippen LogP) is 6.69. The van der Waals surface area contributed by atoms with Crippen LogP contribution in [0.1, 0.15) is 96.8 Å². The molecular formula is C21H39IN+. The lowest BCUT2D eigenvalue weighted by Crippen LogP contribution is -2.46. The van der Waals surface area contributed by atoms with Crippen molar-refractivity contribution in [2.45, 2.75) is 96.8 Å². The van der Waals surface area contributed by atoms with Crippen molar-refractivity contribution >= 4 is 22.6 Å². The molecule has 1 fully saturated rings.